The van der Waals surface area contributed by atoms with Gasteiger partial charge in [-0.05, 0) is 18.8 Å². The number of carboxylic acids is 2. The highest BCUT2D eigenvalue weighted by atomic mass is 16.4. The van der Waals surface area contributed by atoms with E-state index in [0.29, 0.717) is 12.2 Å². The molecule has 1 fully saturated rings. The fraction of sp³-hybridized carbons (Fsp3) is 0.615. The van der Waals surface area contributed by atoms with Crippen molar-refractivity contribution in [2.45, 2.75) is 32.7 Å². The molecule has 1 rings (SSSR count). The second kappa shape index (κ2) is 9.08. The quantitative estimate of drug-likeness (QED) is 0.639. The van der Waals surface area contributed by atoms with E-state index in [1.807, 2.05) is 18.7 Å². The van der Waals surface area contributed by atoms with E-state index in [2.05, 4.69) is 0 Å². The average molecular weight is 286 g/mol. The van der Waals surface area contributed by atoms with Crippen LogP contribution in [0.25, 0.3) is 0 Å². The van der Waals surface area contributed by atoms with Gasteiger partial charge in [0.25, 0.3) is 0 Å². The Morgan fingerprint density at radius 1 is 1.05 bits per heavy atom. The van der Waals surface area contributed by atoms with Gasteiger partial charge in [0.1, 0.15) is 0 Å². The highest BCUT2D eigenvalue weighted by Crippen LogP contribution is 2.11. The zero-order valence-corrected chi connectivity index (χ0v) is 11.8. The number of carbonyl (C=O) groups is 3. The smallest absolute Gasteiger partial charge is 0.328 e. The van der Waals surface area contributed by atoms with Crippen molar-refractivity contribution < 1.29 is 24.6 Å². The number of likely N-dealkylation sites (tertiary alicyclic amines) is 1. The normalized spacial score (nSPS) is 15.9. The van der Waals surface area contributed by atoms with Crippen molar-refractivity contribution in [1.82, 2.24) is 4.90 Å². The van der Waals surface area contributed by atoms with Gasteiger partial charge in [0.2, 0.25) is 5.91 Å². The first-order chi connectivity index (χ1) is 9.25. The zero-order valence-electron chi connectivity index (χ0n) is 11.8. The minimum atomic E-state index is -1.26. The van der Waals surface area contributed by atoms with Gasteiger partial charge in [-0.3, -0.25) is 4.79 Å². The molecule has 114 valence electrons. The molecule has 1 aliphatic heterocycles. The molecule has 1 unspecified atom stereocenters. The standard InChI is InChI=1S/C9H18N2O.C4H4O4/c1-7(2)8(10)9(12)11-5-3-4-6-11;5-3(6)1-2-4(7)8/h7-8H,3-6,10H2,1-2H3;1-2H,(H,5,6)(H,7,8)/b;2-1+. The van der Waals surface area contributed by atoms with Crippen molar-refractivity contribution >= 4 is 17.8 Å². The lowest BCUT2D eigenvalue weighted by Crippen LogP contribution is -2.45. The van der Waals surface area contributed by atoms with Crippen LogP contribution in [0.3, 0.4) is 0 Å². The van der Waals surface area contributed by atoms with Gasteiger partial charge in [-0.25, -0.2) is 9.59 Å². The molecule has 0 spiro atoms. The Morgan fingerprint density at radius 3 is 1.75 bits per heavy atom. The highest BCUT2D eigenvalue weighted by molar-refractivity contribution is 5.89. The minimum Gasteiger partial charge on any atom is -0.478 e. The summed E-state index contributed by atoms with van der Waals surface area (Å²) in [6.07, 6.45) is 3.39. The maximum atomic E-state index is 11.6. The van der Waals surface area contributed by atoms with Crippen LogP contribution in [0.2, 0.25) is 0 Å². The lowest BCUT2D eigenvalue weighted by atomic mass is 10.0. The third-order valence-electron chi connectivity index (χ3n) is 2.79. The second-order valence-corrected chi connectivity index (χ2v) is 4.81. The van der Waals surface area contributed by atoms with Crippen molar-refractivity contribution in [3.8, 4) is 0 Å². The van der Waals surface area contributed by atoms with E-state index in [9.17, 15) is 14.4 Å². The summed E-state index contributed by atoms with van der Waals surface area (Å²) in [5.41, 5.74) is 5.75. The van der Waals surface area contributed by atoms with Gasteiger partial charge in [0.15, 0.2) is 0 Å². The van der Waals surface area contributed by atoms with E-state index in [-0.39, 0.29) is 17.9 Å². The molecule has 0 radical (unpaired) electrons. The van der Waals surface area contributed by atoms with Crippen molar-refractivity contribution in [1.29, 1.82) is 0 Å². The molecule has 1 aliphatic rings. The zero-order chi connectivity index (χ0) is 15.7. The molecule has 0 bridgehead atoms. The summed E-state index contributed by atoms with van der Waals surface area (Å²) in [5.74, 6) is -2.14. The Morgan fingerprint density at radius 2 is 1.45 bits per heavy atom. The van der Waals surface area contributed by atoms with E-state index in [1.165, 1.54) is 0 Å². The lowest BCUT2D eigenvalue weighted by molar-refractivity contribution is -0.134. The number of amides is 1. The topological polar surface area (TPSA) is 121 Å². The number of hydrogen-bond donors (Lipinski definition) is 3. The van der Waals surface area contributed by atoms with Crippen LogP contribution in [0.4, 0.5) is 0 Å². The Kier molecular flexibility index (Phi) is 8.23. The van der Waals surface area contributed by atoms with Gasteiger partial charge >= 0.3 is 11.9 Å². The van der Waals surface area contributed by atoms with Crippen molar-refractivity contribution in [3.63, 3.8) is 0 Å². The molecule has 0 aromatic heterocycles. The van der Waals surface area contributed by atoms with Crippen LogP contribution in [0.5, 0.6) is 0 Å². The fourth-order valence-electron chi connectivity index (χ4n) is 1.58. The first kappa shape index (κ1) is 18.1. The maximum absolute atomic E-state index is 11.6. The molecular weight excluding hydrogens is 264 g/mol. The molecule has 7 nitrogen and oxygen atoms in total. The third-order valence-corrected chi connectivity index (χ3v) is 2.79. The average Bonchev–Trinajstić information content (AvgIpc) is 2.89. The van der Waals surface area contributed by atoms with Gasteiger partial charge in [0.05, 0.1) is 6.04 Å². The summed E-state index contributed by atoms with van der Waals surface area (Å²) in [5, 5.41) is 15.6. The molecule has 0 aromatic rings. The first-order valence-electron chi connectivity index (χ1n) is 6.44. The summed E-state index contributed by atoms with van der Waals surface area (Å²) in [6, 6.07) is -0.303. The van der Waals surface area contributed by atoms with Crippen LogP contribution in [0.15, 0.2) is 12.2 Å². The van der Waals surface area contributed by atoms with Crippen LogP contribution in [-0.4, -0.2) is 52.1 Å². The predicted octanol–water partition coefficient (Wildman–Crippen LogP) is 0.304. The Labute approximate surface area is 118 Å². The molecule has 7 heteroatoms. The molecule has 20 heavy (non-hydrogen) atoms. The van der Waals surface area contributed by atoms with Gasteiger partial charge in [-0.2, -0.15) is 0 Å². The number of rotatable bonds is 4. The second-order valence-electron chi connectivity index (χ2n) is 4.81. The highest BCUT2D eigenvalue weighted by Gasteiger charge is 2.25. The first-order valence-corrected chi connectivity index (χ1v) is 6.44. The lowest BCUT2D eigenvalue weighted by Gasteiger charge is -2.22. The van der Waals surface area contributed by atoms with Gasteiger partial charge < -0.3 is 20.8 Å². The molecule has 1 heterocycles. The van der Waals surface area contributed by atoms with E-state index >= 15 is 0 Å². The van der Waals surface area contributed by atoms with Crippen molar-refractivity contribution in [2.75, 3.05) is 13.1 Å². The van der Waals surface area contributed by atoms with E-state index in [0.717, 1.165) is 25.9 Å². The van der Waals surface area contributed by atoms with Crippen LogP contribution in [0, 0.1) is 5.92 Å². The molecule has 0 aliphatic carbocycles. The van der Waals surface area contributed by atoms with Gasteiger partial charge in [-0.1, -0.05) is 13.8 Å². The monoisotopic (exact) mass is 286 g/mol. The largest absolute Gasteiger partial charge is 0.478 e. The number of aliphatic carboxylic acids is 2. The van der Waals surface area contributed by atoms with Gasteiger partial charge in [0, 0.05) is 25.2 Å². The summed E-state index contributed by atoms with van der Waals surface area (Å²) >= 11 is 0. The van der Waals surface area contributed by atoms with Crippen LogP contribution < -0.4 is 5.73 Å². The van der Waals surface area contributed by atoms with Crippen molar-refractivity contribution in [2.24, 2.45) is 11.7 Å². The van der Waals surface area contributed by atoms with Crippen LogP contribution >= 0.6 is 0 Å². The number of carboxylic acid groups (broad SMARTS) is 2. The third kappa shape index (κ3) is 7.52. The SMILES string of the molecule is CC(C)C(N)C(=O)N1CCCC1.O=C(O)/C=C/C(=O)O. The molecule has 1 amide bonds. The van der Waals surface area contributed by atoms with Gasteiger partial charge in [-0.15, -0.1) is 0 Å². The summed E-state index contributed by atoms with van der Waals surface area (Å²) < 4.78 is 0. The number of nitrogens with two attached hydrogens (primary N) is 1. The summed E-state index contributed by atoms with van der Waals surface area (Å²) in [6.45, 7) is 5.77. The Hall–Kier alpha value is -1.89. The Bertz CT molecular complexity index is 353. The summed E-state index contributed by atoms with van der Waals surface area (Å²) in [7, 11) is 0. The Balaban J connectivity index is 0.000000396. The number of nitrogens with zero attached hydrogens (tertiary/aromatic N) is 1. The van der Waals surface area contributed by atoms with Crippen LogP contribution in [0.1, 0.15) is 26.7 Å². The predicted molar refractivity (Wildman–Crippen MR) is 73.0 cm³/mol. The summed E-state index contributed by atoms with van der Waals surface area (Å²) in [4.78, 5) is 32.6. The number of carbonyl (C=O) groups excluding carboxylic acids is 1. The van der Waals surface area contributed by atoms with Crippen LogP contribution in [-0.2, 0) is 14.4 Å². The van der Waals surface area contributed by atoms with E-state index in [1.54, 1.807) is 0 Å². The fourth-order valence-corrected chi connectivity index (χ4v) is 1.58. The minimum absolute atomic E-state index is 0.127. The molecular formula is C13H22N2O5. The van der Waals surface area contributed by atoms with E-state index in [4.69, 9.17) is 15.9 Å². The molecule has 4 N–H and O–H groups in total. The maximum Gasteiger partial charge on any atom is 0.328 e. The molecule has 0 aromatic carbocycles. The molecule has 0 saturated carbocycles. The van der Waals surface area contributed by atoms with E-state index < -0.39 is 11.9 Å². The molecule has 1 atom stereocenters. The van der Waals surface area contributed by atoms with Crippen molar-refractivity contribution in [3.05, 3.63) is 12.2 Å². The number of hydrogen-bond acceptors (Lipinski definition) is 4. The molecule has 1 saturated heterocycles.